The molecule has 9 heteroatoms. The second-order valence-corrected chi connectivity index (χ2v) is 9.78. The molecule has 1 aromatic heterocycles. The lowest BCUT2D eigenvalue weighted by molar-refractivity contribution is 0.0636. The molecule has 0 saturated heterocycles. The van der Waals surface area contributed by atoms with Crippen molar-refractivity contribution in [2.45, 2.75) is 44.3 Å². The van der Waals surface area contributed by atoms with Gasteiger partial charge in [-0.25, -0.2) is 18.2 Å². The fourth-order valence-electron chi connectivity index (χ4n) is 2.92. The number of nitrogens with one attached hydrogen (secondary N) is 1. The van der Waals surface area contributed by atoms with E-state index in [9.17, 15) is 13.2 Å². The van der Waals surface area contributed by atoms with Crippen LogP contribution in [0.25, 0.3) is 6.08 Å². The largest absolute Gasteiger partial charge is 0.471 e. The summed E-state index contributed by atoms with van der Waals surface area (Å²) in [5.41, 5.74) is 0.554. The summed E-state index contributed by atoms with van der Waals surface area (Å²) in [6.07, 6.45) is 1.91. The second-order valence-electron chi connectivity index (χ2n) is 7.92. The number of carbonyl (C=O) groups excluding carboxylic acids is 1. The van der Waals surface area contributed by atoms with Crippen LogP contribution in [-0.4, -0.2) is 37.7 Å². The van der Waals surface area contributed by atoms with Crippen LogP contribution in [0.2, 0.25) is 0 Å². The van der Waals surface area contributed by atoms with E-state index in [1.807, 2.05) is 0 Å². The van der Waals surface area contributed by atoms with Crippen molar-refractivity contribution in [3.8, 4) is 5.88 Å². The van der Waals surface area contributed by atoms with Crippen molar-refractivity contribution in [3.05, 3.63) is 48.7 Å². The smallest absolute Gasteiger partial charge is 0.412 e. The molecule has 160 valence electrons. The molecule has 0 radical (unpaired) electrons. The van der Waals surface area contributed by atoms with Gasteiger partial charge in [0.25, 0.3) is 10.0 Å². The number of anilines is 2. The van der Waals surface area contributed by atoms with Crippen LogP contribution in [0.3, 0.4) is 0 Å². The fourth-order valence-corrected chi connectivity index (χ4v) is 4.50. The Balaban J connectivity index is 1.98. The van der Waals surface area contributed by atoms with E-state index < -0.39 is 27.8 Å². The minimum absolute atomic E-state index is 0.102. The van der Waals surface area contributed by atoms with Crippen LogP contribution in [0.4, 0.5) is 16.2 Å². The minimum atomic E-state index is -3.89. The predicted octanol–water partition coefficient (Wildman–Crippen LogP) is 4.05. The number of amides is 1. The number of fused-ring (bicyclic) bond motifs is 1. The molecule has 8 nitrogen and oxygen atoms in total. The Hall–Kier alpha value is -3.07. The summed E-state index contributed by atoms with van der Waals surface area (Å²) < 4.78 is 38.9. The number of hydrogen-bond donors (Lipinski definition) is 1. The Kier molecular flexibility index (Phi) is 5.76. The Labute approximate surface area is 176 Å². The van der Waals surface area contributed by atoms with Gasteiger partial charge < -0.3 is 9.47 Å². The number of aromatic nitrogens is 1. The van der Waals surface area contributed by atoms with Gasteiger partial charge in [-0.3, -0.25) is 9.62 Å². The maximum Gasteiger partial charge on any atom is 0.412 e. The number of hydrogen-bond acceptors (Lipinski definition) is 6. The first kappa shape index (κ1) is 21.6. The van der Waals surface area contributed by atoms with Gasteiger partial charge in [-0.15, -0.1) is 0 Å². The summed E-state index contributed by atoms with van der Waals surface area (Å²) in [6, 6.07) is 8.02. The fraction of sp³-hybridized carbons (Fsp3) is 0.333. The van der Waals surface area contributed by atoms with E-state index in [1.165, 1.54) is 22.6 Å². The third kappa shape index (κ3) is 4.73. The molecule has 2 heterocycles. The third-order valence-electron chi connectivity index (χ3n) is 4.16. The number of ether oxygens (including phenoxy) is 2. The molecule has 0 bridgehead atoms. The molecule has 1 aliphatic rings. The zero-order valence-corrected chi connectivity index (χ0v) is 18.2. The van der Waals surface area contributed by atoms with E-state index in [4.69, 9.17) is 9.47 Å². The summed E-state index contributed by atoms with van der Waals surface area (Å²) in [6.45, 7) is 10.8. The molecular weight excluding hydrogens is 406 g/mol. The number of rotatable bonds is 4. The van der Waals surface area contributed by atoms with Crippen LogP contribution < -0.4 is 14.4 Å². The van der Waals surface area contributed by atoms with Crippen LogP contribution >= 0.6 is 0 Å². The number of sulfonamides is 1. The second kappa shape index (κ2) is 7.98. The molecule has 0 fully saturated rings. The molecule has 1 unspecified atom stereocenters. The molecule has 0 aliphatic carbocycles. The van der Waals surface area contributed by atoms with Gasteiger partial charge in [0, 0.05) is 0 Å². The highest BCUT2D eigenvalue weighted by atomic mass is 32.2. The molecule has 1 amide bonds. The lowest BCUT2D eigenvalue weighted by Crippen LogP contribution is -2.42. The number of carbonyl (C=O) groups is 1. The van der Waals surface area contributed by atoms with Gasteiger partial charge in [0.2, 0.25) is 5.88 Å². The van der Waals surface area contributed by atoms with Crippen LogP contribution in [0.5, 0.6) is 5.88 Å². The predicted molar refractivity (Wildman–Crippen MR) is 115 cm³/mol. The molecule has 2 aromatic rings. The van der Waals surface area contributed by atoms with Crippen LogP contribution in [0.1, 0.15) is 33.3 Å². The summed E-state index contributed by atoms with van der Waals surface area (Å²) >= 11 is 0. The van der Waals surface area contributed by atoms with Crippen molar-refractivity contribution >= 4 is 33.6 Å². The standard InChI is InChI=1S/C21H25N3O5S/c1-6-15-8-7-9-17(10-15)30(26,27)24-13-14(2)28-19-18(24)11-16(12-22-19)23-20(25)29-21(3,4)5/h6-12,14H,1,13H2,2-5H3,(H,23,25). The van der Waals surface area contributed by atoms with Crippen molar-refractivity contribution in [1.29, 1.82) is 0 Å². The Bertz CT molecular complexity index is 1080. The van der Waals surface area contributed by atoms with Gasteiger partial charge in [-0.1, -0.05) is 24.8 Å². The SMILES string of the molecule is C=Cc1cccc(S(=O)(=O)N2CC(C)Oc3ncc(NC(=O)OC(C)(C)C)cc32)c1. The Morgan fingerprint density at radius 1 is 1.37 bits per heavy atom. The van der Waals surface area contributed by atoms with Gasteiger partial charge in [0.05, 0.1) is 23.3 Å². The summed E-state index contributed by atoms with van der Waals surface area (Å²) in [5, 5.41) is 2.58. The first-order valence-corrected chi connectivity index (χ1v) is 10.9. The molecule has 3 rings (SSSR count). The number of pyridine rings is 1. The minimum Gasteiger partial charge on any atom is -0.471 e. The highest BCUT2D eigenvalue weighted by molar-refractivity contribution is 7.92. The molecule has 1 aliphatic heterocycles. The maximum atomic E-state index is 13.4. The van der Waals surface area contributed by atoms with E-state index in [1.54, 1.807) is 52.0 Å². The van der Waals surface area contributed by atoms with Gasteiger partial charge in [-0.2, -0.15) is 0 Å². The molecule has 1 aromatic carbocycles. The van der Waals surface area contributed by atoms with Crippen molar-refractivity contribution in [2.75, 3.05) is 16.2 Å². The molecular formula is C21H25N3O5S. The maximum absolute atomic E-state index is 13.4. The number of benzene rings is 1. The topological polar surface area (TPSA) is 97.8 Å². The van der Waals surface area contributed by atoms with E-state index >= 15 is 0 Å². The van der Waals surface area contributed by atoms with Crippen molar-refractivity contribution in [2.24, 2.45) is 0 Å². The summed E-state index contributed by atoms with van der Waals surface area (Å²) in [4.78, 5) is 16.4. The first-order chi connectivity index (χ1) is 14.0. The molecule has 30 heavy (non-hydrogen) atoms. The molecule has 1 N–H and O–H groups in total. The Morgan fingerprint density at radius 2 is 2.10 bits per heavy atom. The third-order valence-corrected chi connectivity index (χ3v) is 5.94. The molecule has 1 atom stereocenters. The summed E-state index contributed by atoms with van der Waals surface area (Å²) in [7, 11) is -3.89. The first-order valence-electron chi connectivity index (χ1n) is 9.41. The van der Waals surface area contributed by atoms with Gasteiger partial charge in [-0.05, 0) is 51.5 Å². The van der Waals surface area contributed by atoms with Gasteiger partial charge in [0.1, 0.15) is 17.4 Å². The van der Waals surface area contributed by atoms with E-state index in [0.717, 1.165) is 0 Å². The quantitative estimate of drug-likeness (QED) is 0.784. The Morgan fingerprint density at radius 3 is 2.77 bits per heavy atom. The van der Waals surface area contributed by atoms with E-state index in [0.29, 0.717) is 11.3 Å². The monoisotopic (exact) mass is 431 g/mol. The van der Waals surface area contributed by atoms with Crippen molar-refractivity contribution in [3.63, 3.8) is 0 Å². The van der Waals surface area contributed by atoms with Gasteiger partial charge >= 0.3 is 6.09 Å². The lowest BCUT2D eigenvalue weighted by Gasteiger charge is -2.33. The van der Waals surface area contributed by atoms with Gasteiger partial charge in [0.15, 0.2) is 0 Å². The van der Waals surface area contributed by atoms with E-state index in [-0.39, 0.29) is 23.0 Å². The van der Waals surface area contributed by atoms with Crippen LogP contribution in [-0.2, 0) is 14.8 Å². The highest BCUT2D eigenvalue weighted by Crippen LogP contribution is 2.37. The van der Waals surface area contributed by atoms with Crippen molar-refractivity contribution < 1.29 is 22.7 Å². The van der Waals surface area contributed by atoms with Crippen LogP contribution in [0.15, 0.2) is 48.0 Å². The highest BCUT2D eigenvalue weighted by Gasteiger charge is 2.34. The number of nitrogens with zero attached hydrogens (tertiary/aromatic N) is 2. The van der Waals surface area contributed by atoms with Crippen LogP contribution in [0, 0.1) is 0 Å². The normalized spacial score (nSPS) is 16.3. The zero-order chi connectivity index (χ0) is 22.1. The average Bonchev–Trinajstić information content (AvgIpc) is 2.66. The lowest BCUT2D eigenvalue weighted by atomic mass is 10.2. The molecule has 0 spiro atoms. The average molecular weight is 432 g/mol. The van der Waals surface area contributed by atoms with E-state index in [2.05, 4.69) is 16.9 Å². The zero-order valence-electron chi connectivity index (χ0n) is 17.4. The van der Waals surface area contributed by atoms with Crippen molar-refractivity contribution in [1.82, 2.24) is 4.98 Å². The summed E-state index contributed by atoms with van der Waals surface area (Å²) in [5.74, 6) is 0.173. The molecule has 0 saturated carbocycles.